The van der Waals surface area contributed by atoms with E-state index in [-0.39, 0.29) is 12.2 Å². The van der Waals surface area contributed by atoms with Crippen LogP contribution < -0.4 is 0 Å². The molecule has 0 spiro atoms. The summed E-state index contributed by atoms with van der Waals surface area (Å²) in [6.45, 7) is 9.42. The van der Waals surface area contributed by atoms with Crippen molar-refractivity contribution in [3.63, 3.8) is 0 Å². The lowest BCUT2D eigenvalue weighted by atomic mass is 10.2. The van der Waals surface area contributed by atoms with Crippen molar-refractivity contribution < 1.29 is 23.7 Å². The fourth-order valence-electron chi connectivity index (χ4n) is 2.01. The molecule has 7 heteroatoms. The van der Waals surface area contributed by atoms with Crippen LogP contribution in [0.4, 0.5) is 4.79 Å². The van der Waals surface area contributed by atoms with Gasteiger partial charge in [-0.2, -0.15) is 0 Å². The number of hydrogen-bond donors (Lipinski definition) is 0. The molecule has 0 saturated carbocycles. The molecule has 0 radical (unpaired) electrons. The van der Waals surface area contributed by atoms with E-state index in [1.807, 2.05) is 20.8 Å². The topological polar surface area (TPSA) is 57.2 Å². The molecule has 1 heterocycles. The number of methoxy groups -OCH3 is 1. The summed E-state index contributed by atoms with van der Waals surface area (Å²) in [6.07, 6.45) is 0.644. The maximum absolute atomic E-state index is 12.0. The third-order valence-corrected chi connectivity index (χ3v) is 4.24. The van der Waals surface area contributed by atoms with Crippen molar-refractivity contribution in [2.75, 3.05) is 46.6 Å². The molecule has 1 rings (SSSR count). The van der Waals surface area contributed by atoms with E-state index in [2.05, 4.69) is 22.6 Å². The van der Waals surface area contributed by atoms with Crippen molar-refractivity contribution in [2.24, 2.45) is 0 Å². The SMILES string of the molecule is COCCOCCCOC1CN(C(=O)OC(C)(C)C)CC1I. The number of nitrogens with zero attached hydrogens (tertiary/aromatic N) is 1. The number of rotatable bonds is 8. The van der Waals surface area contributed by atoms with Crippen LogP contribution in [0.25, 0.3) is 0 Å². The van der Waals surface area contributed by atoms with Crippen LogP contribution in [0.1, 0.15) is 27.2 Å². The van der Waals surface area contributed by atoms with Gasteiger partial charge in [0.05, 0.1) is 29.8 Å². The first-order valence-corrected chi connectivity index (χ1v) is 8.88. The molecule has 0 bridgehead atoms. The van der Waals surface area contributed by atoms with E-state index >= 15 is 0 Å². The molecule has 22 heavy (non-hydrogen) atoms. The molecule has 2 unspecified atom stereocenters. The molecule has 130 valence electrons. The highest BCUT2D eigenvalue weighted by Gasteiger charge is 2.36. The highest BCUT2D eigenvalue weighted by Crippen LogP contribution is 2.23. The van der Waals surface area contributed by atoms with Crippen LogP contribution in [0.15, 0.2) is 0 Å². The third-order valence-electron chi connectivity index (χ3n) is 3.05. The van der Waals surface area contributed by atoms with Gasteiger partial charge in [-0.1, -0.05) is 22.6 Å². The van der Waals surface area contributed by atoms with Gasteiger partial charge < -0.3 is 23.8 Å². The van der Waals surface area contributed by atoms with E-state index in [1.165, 1.54) is 0 Å². The Balaban J connectivity index is 2.19. The van der Waals surface area contributed by atoms with E-state index in [0.717, 1.165) is 6.42 Å². The smallest absolute Gasteiger partial charge is 0.410 e. The molecule has 6 nitrogen and oxygen atoms in total. The first-order chi connectivity index (χ1) is 10.3. The average Bonchev–Trinajstić information content (AvgIpc) is 2.77. The Bertz CT molecular complexity index is 334. The molecule has 1 amide bonds. The summed E-state index contributed by atoms with van der Waals surface area (Å²) in [6, 6.07) is 0. The van der Waals surface area contributed by atoms with Gasteiger partial charge in [0.2, 0.25) is 0 Å². The van der Waals surface area contributed by atoms with Gasteiger partial charge in [-0.25, -0.2) is 4.79 Å². The molecule has 1 aliphatic rings. The minimum atomic E-state index is -0.462. The van der Waals surface area contributed by atoms with E-state index in [1.54, 1.807) is 12.0 Å². The quantitative estimate of drug-likeness (QED) is 0.337. The fourth-order valence-corrected chi connectivity index (χ4v) is 2.92. The minimum absolute atomic E-state index is 0.0621. The Morgan fingerprint density at radius 1 is 1.18 bits per heavy atom. The zero-order valence-corrected chi connectivity index (χ0v) is 16.1. The Labute approximate surface area is 146 Å². The fraction of sp³-hybridized carbons (Fsp3) is 0.933. The van der Waals surface area contributed by atoms with Crippen LogP contribution in [0, 0.1) is 0 Å². The Morgan fingerprint density at radius 3 is 2.55 bits per heavy atom. The van der Waals surface area contributed by atoms with E-state index in [9.17, 15) is 4.79 Å². The lowest BCUT2D eigenvalue weighted by Gasteiger charge is -2.24. The monoisotopic (exact) mass is 429 g/mol. The van der Waals surface area contributed by atoms with Crippen molar-refractivity contribution in [1.82, 2.24) is 4.90 Å². The predicted octanol–water partition coefficient (Wildman–Crippen LogP) is 2.48. The second-order valence-corrected chi connectivity index (χ2v) is 7.87. The summed E-state index contributed by atoms with van der Waals surface area (Å²) < 4.78 is 21.8. The van der Waals surface area contributed by atoms with Gasteiger partial charge in [-0.3, -0.25) is 0 Å². The normalized spacial score (nSPS) is 22.1. The van der Waals surface area contributed by atoms with E-state index in [4.69, 9.17) is 18.9 Å². The Kier molecular flexibility index (Phi) is 8.96. The van der Waals surface area contributed by atoms with Gasteiger partial charge >= 0.3 is 6.09 Å². The molecule has 0 aromatic rings. The summed E-state index contributed by atoms with van der Waals surface area (Å²) in [7, 11) is 1.66. The van der Waals surface area contributed by atoms with Gasteiger partial charge in [-0.05, 0) is 27.2 Å². The van der Waals surface area contributed by atoms with Gasteiger partial charge in [0.15, 0.2) is 0 Å². The van der Waals surface area contributed by atoms with Crippen molar-refractivity contribution in [2.45, 2.75) is 42.8 Å². The second-order valence-electron chi connectivity index (χ2n) is 6.27. The van der Waals surface area contributed by atoms with Crippen LogP contribution in [0.5, 0.6) is 0 Å². The summed E-state index contributed by atoms with van der Waals surface area (Å²) in [4.78, 5) is 13.8. The molecule has 1 saturated heterocycles. The number of likely N-dealkylation sites (tertiary alicyclic amines) is 1. The number of halogens is 1. The molecule has 1 aliphatic heterocycles. The standard InChI is InChI=1S/C15H28INO5/c1-15(2,3)22-14(18)17-10-12(16)13(11-17)21-7-5-6-20-9-8-19-4/h12-13H,5-11H2,1-4H3. The molecule has 0 N–H and O–H groups in total. The summed E-state index contributed by atoms with van der Waals surface area (Å²) in [5, 5.41) is 0. The second kappa shape index (κ2) is 9.89. The molecular weight excluding hydrogens is 401 g/mol. The molecular formula is C15H28INO5. The minimum Gasteiger partial charge on any atom is -0.444 e. The van der Waals surface area contributed by atoms with Crippen molar-refractivity contribution >= 4 is 28.7 Å². The average molecular weight is 429 g/mol. The number of amides is 1. The number of alkyl halides is 1. The van der Waals surface area contributed by atoms with Gasteiger partial charge in [0, 0.05) is 26.9 Å². The predicted molar refractivity (Wildman–Crippen MR) is 92.7 cm³/mol. The molecule has 1 fully saturated rings. The lowest BCUT2D eigenvalue weighted by molar-refractivity contribution is 0.0154. The third kappa shape index (κ3) is 7.94. The number of hydrogen-bond acceptors (Lipinski definition) is 5. The van der Waals surface area contributed by atoms with Gasteiger partial charge in [0.25, 0.3) is 0 Å². The first kappa shape index (κ1) is 19.9. The van der Waals surface area contributed by atoms with Crippen molar-refractivity contribution in [3.8, 4) is 0 Å². The lowest BCUT2D eigenvalue weighted by Crippen LogP contribution is -2.36. The Hall–Kier alpha value is -0.120. The van der Waals surface area contributed by atoms with Crippen LogP contribution in [-0.4, -0.2) is 73.2 Å². The number of carbonyl (C=O) groups is 1. The zero-order valence-electron chi connectivity index (χ0n) is 14.0. The maximum Gasteiger partial charge on any atom is 0.410 e. The molecule has 0 aromatic carbocycles. The van der Waals surface area contributed by atoms with Crippen molar-refractivity contribution in [3.05, 3.63) is 0 Å². The summed E-state index contributed by atoms with van der Waals surface area (Å²) in [5.74, 6) is 0. The molecule has 2 atom stereocenters. The Morgan fingerprint density at radius 2 is 1.91 bits per heavy atom. The number of carbonyl (C=O) groups excluding carboxylic acids is 1. The first-order valence-electron chi connectivity index (χ1n) is 7.64. The molecule has 0 aliphatic carbocycles. The summed E-state index contributed by atoms with van der Waals surface area (Å²) >= 11 is 2.34. The van der Waals surface area contributed by atoms with E-state index < -0.39 is 5.60 Å². The zero-order chi connectivity index (χ0) is 16.6. The highest BCUT2D eigenvalue weighted by molar-refractivity contribution is 14.1. The van der Waals surface area contributed by atoms with Gasteiger partial charge in [-0.15, -0.1) is 0 Å². The number of ether oxygens (including phenoxy) is 4. The maximum atomic E-state index is 12.0. The van der Waals surface area contributed by atoms with Crippen molar-refractivity contribution in [1.29, 1.82) is 0 Å². The van der Waals surface area contributed by atoms with E-state index in [0.29, 0.717) is 43.4 Å². The van der Waals surface area contributed by atoms with Crippen LogP contribution in [0.3, 0.4) is 0 Å². The van der Waals surface area contributed by atoms with Crippen LogP contribution in [0.2, 0.25) is 0 Å². The summed E-state index contributed by atoms with van der Waals surface area (Å²) in [5.41, 5.74) is -0.462. The highest BCUT2D eigenvalue weighted by atomic mass is 127. The largest absolute Gasteiger partial charge is 0.444 e. The molecule has 0 aromatic heterocycles. The van der Waals surface area contributed by atoms with Gasteiger partial charge in [0.1, 0.15) is 5.60 Å². The van der Waals surface area contributed by atoms with Crippen LogP contribution >= 0.6 is 22.6 Å². The van der Waals surface area contributed by atoms with Crippen LogP contribution in [-0.2, 0) is 18.9 Å².